The number of Topliss-reactive ketones (excluding diaryl/α,β-unsaturated/α-hetero) is 1. The maximum absolute atomic E-state index is 12.2. The second-order valence-electron chi connectivity index (χ2n) is 6.79. The van der Waals surface area contributed by atoms with Gasteiger partial charge in [-0.05, 0) is 55.7 Å². The van der Waals surface area contributed by atoms with Crippen LogP contribution in [-0.4, -0.2) is 18.2 Å². The molecule has 148 valence electrons. The normalized spacial score (nSPS) is 10.9. The van der Waals surface area contributed by atoms with Crippen molar-refractivity contribution in [2.24, 2.45) is 10.2 Å². The Morgan fingerprint density at radius 1 is 0.786 bits per heavy atom. The monoisotopic (exact) mass is 379 g/mol. The Bertz CT molecular complexity index is 755. The Labute approximate surface area is 167 Å². The lowest BCUT2D eigenvalue weighted by atomic mass is 10.1. The SMILES string of the molecule is CCCCC(=O)CCCCCNC(=O)c1ccc(N=Nc2ccccc2)cc1. The van der Waals surface area contributed by atoms with Gasteiger partial charge in [-0.3, -0.25) is 9.59 Å². The largest absolute Gasteiger partial charge is 0.352 e. The minimum atomic E-state index is -0.0921. The van der Waals surface area contributed by atoms with Gasteiger partial charge < -0.3 is 5.32 Å². The number of ketones is 1. The highest BCUT2D eigenvalue weighted by molar-refractivity contribution is 5.94. The average Bonchev–Trinajstić information content (AvgIpc) is 2.74. The molecule has 5 heteroatoms. The first kappa shape index (κ1) is 21.5. The Balaban J connectivity index is 1.66. The van der Waals surface area contributed by atoms with Gasteiger partial charge in [-0.15, -0.1) is 0 Å². The van der Waals surface area contributed by atoms with E-state index in [9.17, 15) is 9.59 Å². The number of carbonyl (C=O) groups excluding carboxylic acids is 2. The van der Waals surface area contributed by atoms with E-state index in [1.807, 2.05) is 30.3 Å². The number of unbranched alkanes of at least 4 members (excludes halogenated alkanes) is 3. The van der Waals surface area contributed by atoms with Crippen LogP contribution in [0.3, 0.4) is 0 Å². The Hall–Kier alpha value is -2.82. The standard InChI is InChI=1S/C23H29N3O2/c1-2-3-12-22(27)13-8-5-9-18-24-23(28)19-14-16-21(17-15-19)26-25-20-10-6-4-7-11-20/h4,6-7,10-11,14-17H,2-3,5,8-9,12-13,18H2,1H3,(H,24,28). The van der Waals surface area contributed by atoms with Crippen molar-refractivity contribution in [1.29, 1.82) is 0 Å². The zero-order chi connectivity index (χ0) is 20.0. The van der Waals surface area contributed by atoms with Crippen molar-refractivity contribution < 1.29 is 9.59 Å². The van der Waals surface area contributed by atoms with Gasteiger partial charge in [0.1, 0.15) is 5.78 Å². The molecule has 0 radical (unpaired) electrons. The third kappa shape index (κ3) is 8.25. The first-order valence-electron chi connectivity index (χ1n) is 10.1. The van der Waals surface area contributed by atoms with Gasteiger partial charge in [0.05, 0.1) is 11.4 Å². The second-order valence-corrected chi connectivity index (χ2v) is 6.79. The molecule has 0 spiro atoms. The average molecular weight is 380 g/mol. The molecule has 0 heterocycles. The molecule has 1 amide bonds. The Morgan fingerprint density at radius 2 is 1.43 bits per heavy atom. The number of benzene rings is 2. The summed E-state index contributed by atoms with van der Waals surface area (Å²) in [6.07, 6.45) is 6.16. The molecule has 0 atom stereocenters. The van der Waals surface area contributed by atoms with E-state index in [4.69, 9.17) is 0 Å². The van der Waals surface area contributed by atoms with Crippen LogP contribution in [0.2, 0.25) is 0 Å². The summed E-state index contributed by atoms with van der Waals surface area (Å²) in [5, 5.41) is 11.3. The number of azo groups is 1. The summed E-state index contributed by atoms with van der Waals surface area (Å²) in [4.78, 5) is 23.8. The van der Waals surface area contributed by atoms with Crippen molar-refractivity contribution in [3.8, 4) is 0 Å². The van der Waals surface area contributed by atoms with Gasteiger partial charge in [0.25, 0.3) is 5.91 Å². The van der Waals surface area contributed by atoms with E-state index in [-0.39, 0.29) is 5.91 Å². The number of nitrogens with zero attached hydrogens (tertiary/aromatic N) is 2. The summed E-state index contributed by atoms with van der Waals surface area (Å²) in [7, 11) is 0. The molecule has 2 aromatic rings. The van der Waals surface area contributed by atoms with Gasteiger partial charge in [-0.2, -0.15) is 10.2 Å². The molecule has 0 aliphatic heterocycles. The lowest BCUT2D eigenvalue weighted by Gasteiger charge is -2.05. The highest BCUT2D eigenvalue weighted by Gasteiger charge is 2.05. The van der Waals surface area contributed by atoms with Crippen LogP contribution in [0.1, 0.15) is 62.2 Å². The molecule has 28 heavy (non-hydrogen) atoms. The van der Waals surface area contributed by atoms with Crippen LogP contribution in [0.15, 0.2) is 64.8 Å². The highest BCUT2D eigenvalue weighted by atomic mass is 16.1. The predicted molar refractivity (Wildman–Crippen MR) is 112 cm³/mol. The van der Waals surface area contributed by atoms with E-state index in [0.717, 1.165) is 37.8 Å². The van der Waals surface area contributed by atoms with Crippen LogP contribution in [0, 0.1) is 0 Å². The van der Waals surface area contributed by atoms with E-state index in [0.29, 0.717) is 36.4 Å². The van der Waals surface area contributed by atoms with Gasteiger partial charge in [0.2, 0.25) is 0 Å². The molecular formula is C23H29N3O2. The maximum Gasteiger partial charge on any atom is 0.251 e. The van der Waals surface area contributed by atoms with Gasteiger partial charge >= 0.3 is 0 Å². The molecule has 0 aromatic heterocycles. The summed E-state index contributed by atoms with van der Waals surface area (Å²) in [5.41, 5.74) is 2.10. The van der Waals surface area contributed by atoms with E-state index in [2.05, 4.69) is 22.5 Å². The molecule has 2 rings (SSSR count). The fourth-order valence-corrected chi connectivity index (χ4v) is 2.72. The molecule has 0 saturated heterocycles. The number of rotatable bonds is 12. The van der Waals surface area contributed by atoms with Crippen LogP contribution in [-0.2, 0) is 4.79 Å². The minimum absolute atomic E-state index is 0.0921. The molecule has 2 aromatic carbocycles. The summed E-state index contributed by atoms with van der Waals surface area (Å²) in [6, 6.07) is 16.6. The number of hydrogen-bond acceptors (Lipinski definition) is 4. The van der Waals surface area contributed by atoms with Gasteiger partial charge in [0.15, 0.2) is 0 Å². The second kappa shape index (κ2) is 12.5. The fraction of sp³-hybridized carbons (Fsp3) is 0.391. The quantitative estimate of drug-likeness (QED) is 0.355. The van der Waals surface area contributed by atoms with E-state index < -0.39 is 0 Å². The van der Waals surface area contributed by atoms with E-state index in [1.54, 1.807) is 24.3 Å². The van der Waals surface area contributed by atoms with Gasteiger partial charge in [0, 0.05) is 24.9 Å². The summed E-state index contributed by atoms with van der Waals surface area (Å²) >= 11 is 0. The van der Waals surface area contributed by atoms with Crippen molar-refractivity contribution in [3.05, 3.63) is 60.2 Å². The van der Waals surface area contributed by atoms with Crippen molar-refractivity contribution in [3.63, 3.8) is 0 Å². The molecule has 0 unspecified atom stereocenters. The molecule has 0 fully saturated rings. The molecule has 0 bridgehead atoms. The highest BCUT2D eigenvalue weighted by Crippen LogP contribution is 2.18. The lowest BCUT2D eigenvalue weighted by Crippen LogP contribution is -2.24. The van der Waals surface area contributed by atoms with Gasteiger partial charge in [-0.1, -0.05) is 38.0 Å². The molecule has 0 aliphatic rings. The zero-order valence-corrected chi connectivity index (χ0v) is 16.6. The third-order valence-corrected chi connectivity index (χ3v) is 4.39. The molecule has 0 saturated carbocycles. The predicted octanol–water partition coefficient (Wildman–Crippen LogP) is 6.15. The van der Waals surface area contributed by atoms with Crippen molar-refractivity contribution in [1.82, 2.24) is 5.32 Å². The first-order chi connectivity index (χ1) is 13.7. The summed E-state index contributed by atoms with van der Waals surface area (Å²) < 4.78 is 0. The van der Waals surface area contributed by atoms with Crippen molar-refractivity contribution in [2.75, 3.05) is 6.54 Å². The maximum atomic E-state index is 12.2. The number of carbonyl (C=O) groups is 2. The third-order valence-electron chi connectivity index (χ3n) is 4.39. The van der Waals surface area contributed by atoms with Crippen LogP contribution >= 0.6 is 0 Å². The van der Waals surface area contributed by atoms with Crippen molar-refractivity contribution in [2.45, 2.75) is 51.9 Å². The molecule has 5 nitrogen and oxygen atoms in total. The number of amides is 1. The zero-order valence-electron chi connectivity index (χ0n) is 16.6. The Morgan fingerprint density at radius 3 is 2.11 bits per heavy atom. The molecular weight excluding hydrogens is 350 g/mol. The van der Waals surface area contributed by atoms with Crippen LogP contribution in [0.25, 0.3) is 0 Å². The van der Waals surface area contributed by atoms with Crippen LogP contribution in [0.4, 0.5) is 11.4 Å². The van der Waals surface area contributed by atoms with Gasteiger partial charge in [-0.25, -0.2) is 0 Å². The van der Waals surface area contributed by atoms with E-state index in [1.165, 1.54) is 0 Å². The first-order valence-corrected chi connectivity index (χ1v) is 10.1. The topological polar surface area (TPSA) is 70.9 Å². The van der Waals surface area contributed by atoms with E-state index >= 15 is 0 Å². The molecule has 0 aliphatic carbocycles. The Kier molecular flexibility index (Phi) is 9.62. The lowest BCUT2D eigenvalue weighted by molar-refractivity contribution is -0.119. The summed E-state index contributed by atoms with van der Waals surface area (Å²) in [6.45, 7) is 2.72. The fourth-order valence-electron chi connectivity index (χ4n) is 2.72. The van der Waals surface area contributed by atoms with Crippen LogP contribution < -0.4 is 5.32 Å². The summed E-state index contributed by atoms with van der Waals surface area (Å²) in [5.74, 6) is 0.265. The number of nitrogens with one attached hydrogen (secondary N) is 1. The van der Waals surface area contributed by atoms with Crippen molar-refractivity contribution >= 4 is 23.1 Å². The molecule has 1 N–H and O–H groups in total. The number of hydrogen-bond donors (Lipinski definition) is 1. The minimum Gasteiger partial charge on any atom is -0.352 e. The smallest absolute Gasteiger partial charge is 0.251 e. The van der Waals surface area contributed by atoms with Crippen LogP contribution in [0.5, 0.6) is 0 Å².